The van der Waals surface area contributed by atoms with Crippen LogP contribution in [0.25, 0.3) is 11.1 Å². The van der Waals surface area contributed by atoms with Gasteiger partial charge in [0.05, 0.1) is 0 Å². The summed E-state index contributed by atoms with van der Waals surface area (Å²) in [5.41, 5.74) is 1.02. The summed E-state index contributed by atoms with van der Waals surface area (Å²) in [6, 6.07) is 1.39. The highest BCUT2D eigenvalue weighted by molar-refractivity contribution is 5.69. The van der Waals surface area contributed by atoms with Crippen molar-refractivity contribution in [3.05, 3.63) is 29.0 Å². The maximum atomic E-state index is 10.6. The third kappa shape index (κ3) is 0.621. The first kappa shape index (κ1) is 5.22. The highest BCUT2D eigenvalue weighted by Crippen LogP contribution is 2.05. The topological polar surface area (TPSA) is 58.9 Å². The van der Waals surface area contributed by atoms with Gasteiger partial charge in [0.15, 0.2) is 12.0 Å². The molecule has 2 heterocycles. The van der Waals surface area contributed by atoms with E-state index in [0.29, 0.717) is 11.1 Å². The molecule has 0 aromatic carbocycles. The highest BCUT2D eigenvalue weighted by Gasteiger charge is 1.95. The monoisotopic (exact) mass is 136 g/mol. The molecule has 0 radical (unpaired) electrons. The molecule has 0 bridgehead atoms. The van der Waals surface area contributed by atoms with Crippen molar-refractivity contribution in [1.82, 2.24) is 9.97 Å². The zero-order valence-electron chi connectivity index (χ0n) is 5.00. The third-order valence-corrected chi connectivity index (χ3v) is 1.24. The summed E-state index contributed by atoms with van der Waals surface area (Å²) in [4.78, 5) is 16.9. The molecule has 0 spiro atoms. The minimum atomic E-state index is -0.165. The fraction of sp³-hybridized carbons (Fsp3) is 0. The van der Waals surface area contributed by atoms with Crippen molar-refractivity contribution in [3.8, 4) is 0 Å². The van der Waals surface area contributed by atoms with Gasteiger partial charge in [0.2, 0.25) is 5.56 Å². The molecule has 0 saturated carbocycles. The Hall–Kier alpha value is -1.58. The predicted octanol–water partition coefficient (Wildman–Crippen LogP) is 0.516. The molecule has 0 atom stereocenters. The van der Waals surface area contributed by atoms with Crippen LogP contribution in [0.2, 0.25) is 0 Å². The Kier molecular flexibility index (Phi) is 0.887. The zero-order valence-corrected chi connectivity index (χ0v) is 5.00. The third-order valence-electron chi connectivity index (χ3n) is 1.24. The van der Waals surface area contributed by atoms with E-state index in [4.69, 9.17) is 4.42 Å². The van der Waals surface area contributed by atoms with E-state index in [1.165, 1.54) is 18.7 Å². The van der Waals surface area contributed by atoms with Crippen LogP contribution in [-0.4, -0.2) is 9.97 Å². The van der Waals surface area contributed by atoms with Crippen molar-refractivity contribution in [3.63, 3.8) is 0 Å². The molecule has 0 aliphatic carbocycles. The summed E-state index contributed by atoms with van der Waals surface area (Å²) in [6.07, 6.45) is 2.79. The number of oxazole rings is 1. The molecule has 1 N–H and O–H groups in total. The van der Waals surface area contributed by atoms with E-state index in [9.17, 15) is 4.79 Å². The Balaban J connectivity index is 2.99. The number of aromatic amines is 1. The van der Waals surface area contributed by atoms with Gasteiger partial charge in [-0.25, -0.2) is 4.98 Å². The standard InChI is InChI=1S/C6H4N2O2/c9-6-1-4-5(2-7-6)10-3-8-4/h1-3H,(H,7,9). The van der Waals surface area contributed by atoms with Gasteiger partial charge >= 0.3 is 0 Å². The Bertz CT molecular complexity index is 401. The van der Waals surface area contributed by atoms with Crippen LogP contribution in [-0.2, 0) is 0 Å². The molecule has 50 valence electrons. The second kappa shape index (κ2) is 1.70. The highest BCUT2D eigenvalue weighted by atomic mass is 16.3. The van der Waals surface area contributed by atoms with Gasteiger partial charge in [-0.1, -0.05) is 0 Å². The van der Waals surface area contributed by atoms with E-state index in [0.717, 1.165) is 0 Å². The van der Waals surface area contributed by atoms with Crippen LogP contribution in [0.4, 0.5) is 0 Å². The van der Waals surface area contributed by atoms with Crippen molar-refractivity contribution < 1.29 is 4.42 Å². The normalized spacial score (nSPS) is 10.4. The van der Waals surface area contributed by atoms with Crippen LogP contribution < -0.4 is 5.56 Å². The summed E-state index contributed by atoms with van der Waals surface area (Å²) < 4.78 is 4.89. The molecule has 4 nitrogen and oxygen atoms in total. The summed E-state index contributed by atoms with van der Waals surface area (Å²) >= 11 is 0. The Morgan fingerprint density at radius 3 is 3.40 bits per heavy atom. The van der Waals surface area contributed by atoms with Gasteiger partial charge < -0.3 is 9.40 Å². The van der Waals surface area contributed by atoms with E-state index in [1.807, 2.05) is 0 Å². The SMILES string of the molecule is O=c1cc2ncoc2c[nH]1. The molecule has 10 heavy (non-hydrogen) atoms. The van der Waals surface area contributed by atoms with Crippen molar-refractivity contribution in [2.75, 3.05) is 0 Å². The summed E-state index contributed by atoms with van der Waals surface area (Å²) in [7, 11) is 0. The Morgan fingerprint density at radius 1 is 1.60 bits per heavy atom. The van der Waals surface area contributed by atoms with Crippen molar-refractivity contribution >= 4 is 11.1 Å². The van der Waals surface area contributed by atoms with Gasteiger partial charge in [0.25, 0.3) is 0 Å². The Labute approximate surface area is 55.5 Å². The molecule has 0 unspecified atom stereocenters. The molecule has 0 aliphatic heterocycles. The van der Waals surface area contributed by atoms with Gasteiger partial charge in [-0.15, -0.1) is 0 Å². The lowest BCUT2D eigenvalue weighted by atomic mass is 10.4. The molecule has 2 rings (SSSR count). The average molecular weight is 136 g/mol. The van der Waals surface area contributed by atoms with Crippen LogP contribution in [0.3, 0.4) is 0 Å². The van der Waals surface area contributed by atoms with Gasteiger partial charge in [-0.05, 0) is 0 Å². The summed E-state index contributed by atoms with van der Waals surface area (Å²) in [6.45, 7) is 0. The zero-order chi connectivity index (χ0) is 6.97. The first-order valence-corrected chi connectivity index (χ1v) is 2.78. The maximum Gasteiger partial charge on any atom is 0.250 e. The van der Waals surface area contributed by atoms with E-state index in [1.54, 1.807) is 0 Å². The van der Waals surface area contributed by atoms with Crippen molar-refractivity contribution in [2.24, 2.45) is 0 Å². The molecule has 0 amide bonds. The second-order valence-electron chi connectivity index (χ2n) is 1.90. The second-order valence-corrected chi connectivity index (χ2v) is 1.90. The lowest BCUT2D eigenvalue weighted by molar-refractivity contribution is 0.600. The molecule has 0 aliphatic rings. The van der Waals surface area contributed by atoms with Gasteiger partial charge in [0, 0.05) is 12.3 Å². The van der Waals surface area contributed by atoms with Gasteiger partial charge in [0.1, 0.15) is 5.52 Å². The molecular weight excluding hydrogens is 132 g/mol. The van der Waals surface area contributed by atoms with Gasteiger partial charge in [-0.2, -0.15) is 0 Å². The first-order chi connectivity index (χ1) is 4.86. The fourth-order valence-corrected chi connectivity index (χ4v) is 0.783. The minimum Gasteiger partial charge on any atom is -0.442 e. The van der Waals surface area contributed by atoms with Crippen LogP contribution in [0, 0.1) is 0 Å². The van der Waals surface area contributed by atoms with Crippen LogP contribution in [0.5, 0.6) is 0 Å². The number of nitrogens with one attached hydrogen (secondary N) is 1. The first-order valence-electron chi connectivity index (χ1n) is 2.78. The molecular formula is C6H4N2O2. The van der Waals surface area contributed by atoms with Gasteiger partial charge in [-0.3, -0.25) is 4.79 Å². The van der Waals surface area contributed by atoms with Crippen molar-refractivity contribution in [1.29, 1.82) is 0 Å². The molecule has 0 fully saturated rings. The van der Waals surface area contributed by atoms with Crippen LogP contribution >= 0.6 is 0 Å². The lowest BCUT2D eigenvalue weighted by Gasteiger charge is -1.80. The van der Waals surface area contributed by atoms with Crippen molar-refractivity contribution in [2.45, 2.75) is 0 Å². The number of hydrogen-bond acceptors (Lipinski definition) is 3. The number of pyridine rings is 1. The largest absolute Gasteiger partial charge is 0.442 e. The summed E-state index contributed by atoms with van der Waals surface area (Å²) in [5.74, 6) is 0. The van der Waals surface area contributed by atoms with E-state index in [-0.39, 0.29) is 5.56 Å². The summed E-state index contributed by atoms with van der Waals surface area (Å²) in [5, 5.41) is 0. The van der Waals surface area contributed by atoms with E-state index < -0.39 is 0 Å². The maximum absolute atomic E-state index is 10.6. The number of H-pyrrole nitrogens is 1. The van der Waals surface area contributed by atoms with E-state index in [2.05, 4.69) is 9.97 Å². The predicted molar refractivity (Wildman–Crippen MR) is 34.6 cm³/mol. The number of hydrogen-bond donors (Lipinski definition) is 1. The Morgan fingerprint density at radius 2 is 2.50 bits per heavy atom. The van der Waals surface area contributed by atoms with Crippen LogP contribution in [0.15, 0.2) is 27.9 Å². The fourth-order valence-electron chi connectivity index (χ4n) is 0.783. The molecule has 2 aromatic heterocycles. The smallest absolute Gasteiger partial charge is 0.250 e. The quantitative estimate of drug-likeness (QED) is 0.574. The average Bonchev–Trinajstić information content (AvgIpc) is 2.33. The van der Waals surface area contributed by atoms with Crippen LogP contribution in [0.1, 0.15) is 0 Å². The lowest BCUT2D eigenvalue weighted by Crippen LogP contribution is -2.00. The number of fused-ring (bicyclic) bond motifs is 1. The number of rotatable bonds is 0. The minimum absolute atomic E-state index is 0.165. The molecule has 0 saturated heterocycles. The molecule has 4 heteroatoms. The molecule has 2 aromatic rings. The number of nitrogens with zero attached hydrogens (tertiary/aromatic N) is 1. The van der Waals surface area contributed by atoms with E-state index >= 15 is 0 Å². The number of aromatic nitrogens is 2.